The number of H-pyrrole nitrogens is 1. The monoisotopic (exact) mass is 291 g/mol. The van der Waals surface area contributed by atoms with E-state index in [2.05, 4.69) is 77.8 Å². The molecule has 4 aromatic carbocycles. The molecule has 0 spiro atoms. The molecule has 6 rings (SSSR count). The summed E-state index contributed by atoms with van der Waals surface area (Å²) in [6.45, 7) is 0. The highest BCUT2D eigenvalue weighted by atomic mass is 14.7. The number of aromatic amines is 1. The van der Waals surface area contributed by atoms with Crippen LogP contribution in [0.1, 0.15) is 0 Å². The molecule has 1 heteroatoms. The van der Waals surface area contributed by atoms with E-state index in [4.69, 9.17) is 0 Å². The number of rotatable bonds is 0. The lowest BCUT2D eigenvalue weighted by Crippen LogP contribution is -1.79. The van der Waals surface area contributed by atoms with Gasteiger partial charge in [-0.3, -0.25) is 0 Å². The predicted octanol–water partition coefficient (Wildman–Crippen LogP) is 6.12. The molecular formula is C22H13N. The van der Waals surface area contributed by atoms with Gasteiger partial charge in [0.1, 0.15) is 0 Å². The molecule has 1 aromatic heterocycles. The third-order valence-electron chi connectivity index (χ3n) is 5.11. The van der Waals surface area contributed by atoms with Crippen LogP contribution in [0.15, 0.2) is 72.8 Å². The highest BCUT2D eigenvalue weighted by molar-refractivity contribution is 6.22. The van der Waals surface area contributed by atoms with E-state index in [1.807, 2.05) is 0 Å². The van der Waals surface area contributed by atoms with E-state index < -0.39 is 0 Å². The first-order chi connectivity index (χ1) is 11.4. The van der Waals surface area contributed by atoms with Crippen LogP contribution in [0.2, 0.25) is 0 Å². The van der Waals surface area contributed by atoms with Crippen molar-refractivity contribution < 1.29 is 0 Å². The van der Waals surface area contributed by atoms with Gasteiger partial charge in [-0.25, -0.2) is 0 Å². The second-order valence-corrected chi connectivity index (χ2v) is 6.33. The Morgan fingerprint density at radius 2 is 1.30 bits per heavy atom. The molecule has 106 valence electrons. The van der Waals surface area contributed by atoms with E-state index in [0.29, 0.717) is 0 Å². The topological polar surface area (TPSA) is 15.8 Å². The summed E-state index contributed by atoms with van der Waals surface area (Å²) in [5, 5.41) is 6.60. The number of aromatic nitrogens is 1. The van der Waals surface area contributed by atoms with Crippen molar-refractivity contribution in [3.05, 3.63) is 72.8 Å². The van der Waals surface area contributed by atoms with Crippen molar-refractivity contribution in [1.29, 1.82) is 0 Å². The third-order valence-corrected chi connectivity index (χ3v) is 5.11. The minimum Gasteiger partial charge on any atom is -0.354 e. The molecule has 0 unspecified atom stereocenters. The van der Waals surface area contributed by atoms with Crippen molar-refractivity contribution in [1.82, 2.24) is 4.98 Å². The predicted molar refractivity (Wildman–Crippen MR) is 97.7 cm³/mol. The summed E-state index contributed by atoms with van der Waals surface area (Å²) in [5.41, 5.74) is 6.53. The van der Waals surface area contributed by atoms with Gasteiger partial charge in [0.05, 0.1) is 5.69 Å². The summed E-state index contributed by atoms with van der Waals surface area (Å²) in [7, 11) is 0. The average Bonchev–Trinajstić information content (AvgIpc) is 3.10. The van der Waals surface area contributed by atoms with Gasteiger partial charge in [0.15, 0.2) is 0 Å². The normalized spacial score (nSPS) is 12.3. The average molecular weight is 291 g/mol. The largest absolute Gasteiger partial charge is 0.354 e. The van der Waals surface area contributed by atoms with Crippen molar-refractivity contribution in [3.63, 3.8) is 0 Å². The molecule has 5 aromatic rings. The van der Waals surface area contributed by atoms with Gasteiger partial charge < -0.3 is 4.98 Å². The maximum atomic E-state index is 3.68. The molecule has 1 nitrogen and oxygen atoms in total. The van der Waals surface area contributed by atoms with Gasteiger partial charge in [-0.1, -0.05) is 60.7 Å². The molecule has 0 saturated carbocycles. The SMILES string of the molecule is c1ccc2cc3c4c([nH]c3cc2c1)-c1cccc2cccc-4c12. The summed E-state index contributed by atoms with van der Waals surface area (Å²) in [6.07, 6.45) is 0. The summed E-state index contributed by atoms with van der Waals surface area (Å²) >= 11 is 0. The van der Waals surface area contributed by atoms with Gasteiger partial charge in [-0.15, -0.1) is 0 Å². The maximum Gasteiger partial charge on any atom is 0.0551 e. The Labute approximate surface area is 133 Å². The second kappa shape index (κ2) is 3.82. The van der Waals surface area contributed by atoms with Crippen molar-refractivity contribution >= 4 is 32.4 Å². The van der Waals surface area contributed by atoms with Crippen molar-refractivity contribution in [2.24, 2.45) is 0 Å². The fourth-order valence-corrected chi connectivity index (χ4v) is 4.12. The lowest BCUT2D eigenvalue weighted by Gasteiger charge is -2.04. The zero-order valence-corrected chi connectivity index (χ0v) is 12.4. The quantitative estimate of drug-likeness (QED) is 0.347. The molecule has 23 heavy (non-hydrogen) atoms. The second-order valence-electron chi connectivity index (χ2n) is 6.33. The number of fused-ring (bicyclic) bond motifs is 6. The molecule has 1 heterocycles. The van der Waals surface area contributed by atoms with Crippen LogP contribution in [-0.2, 0) is 0 Å². The van der Waals surface area contributed by atoms with Crippen LogP contribution in [0.5, 0.6) is 0 Å². The van der Waals surface area contributed by atoms with Gasteiger partial charge >= 0.3 is 0 Å². The number of benzene rings is 4. The molecule has 0 radical (unpaired) electrons. The first kappa shape index (κ1) is 11.5. The van der Waals surface area contributed by atoms with Crippen molar-refractivity contribution in [2.45, 2.75) is 0 Å². The molecule has 0 fully saturated rings. The standard InChI is InChI=1S/C22H13N/c1-2-6-15-12-19-18(11-14(15)5-1)21-16-9-3-7-13-8-4-10-17(20(13)16)22(21)23-19/h1-12,23H. The minimum absolute atomic E-state index is 1.22. The zero-order chi connectivity index (χ0) is 15.0. The lowest BCUT2D eigenvalue weighted by molar-refractivity contribution is 1.48. The molecule has 1 N–H and O–H groups in total. The van der Waals surface area contributed by atoms with E-state index >= 15 is 0 Å². The van der Waals surface area contributed by atoms with E-state index in [1.165, 1.54) is 54.8 Å². The van der Waals surface area contributed by atoms with Crippen LogP contribution in [0.3, 0.4) is 0 Å². The minimum atomic E-state index is 1.22. The van der Waals surface area contributed by atoms with Gasteiger partial charge in [0.25, 0.3) is 0 Å². The van der Waals surface area contributed by atoms with E-state index in [0.717, 1.165) is 0 Å². The van der Waals surface area contributed by atoms with Gasteiger partial charge in [0, 0.05) is 22.0 Å². The Balaban J connectivity index is 1.84. The number of hydrogen-bond acceptors (Lipinski definition) is 0. The summed E-state index contributed by atoms with van der Waals surface area (Å²) in [6, 6.07) is 26.4. The van der Waals surface area contributed by atoms with Crippen LogP contribution in [0, 0.1) is 0 Å². The summed E-state index contributed by atoms with van der Waals surface area (Å²) < 4.78 is 0. The van der Waals surface area contributed by atoms with E-state index in [9.17, 15) is 0 Å². The molecule has 0 atom stereocenters. The first-order valence-electron chi connectivity index (χ1n) is 7.97. The fourth-order valence-electron chi connectivity index (χ4n) is 4.12. The highest BCUT2D eigenvalue weighted by Gasteiger charge is 2.25. The summed E-state index contributed by atoms with van der Waals surface area (Å²) in [4.78, 5) is 3.68. The van der Waals surface area contributed by atoms with Crippen molar-refractivity contribution in [2.75, 3.05) is 0 Å². The smallest absolute Gasteiger partial charge is 0.0551 e. The van der Waals surface area contributed by atoms with Crippen LogP contribution in [0.25, 0.3) is 54.8 Å². The van der Waals surface area contributed by atoms with Gasteiger partial charge in [-0.2, -0.15) is 0 Å². The number of hydrogen-bond donors (Lipinski definition) is 1. The molecule has 0 bridgehead atoms. The van der Waals surface area contributed by atoms with E-state index in [1.54, 1.807) is 0 Å². The molecule has 0 aliphatic heterocycles. The fraction of sp³-hybridized carbons (Fsp3) is 0. The highest BCUT2D eigenvalue weighted by Crippen LogP contribution is 2.50. The zero-order valence-electron chi connectivity index (χ0n) is 12.4. The van der Waals surface area contributed by atoms with Crippen LogP contribution >= 0.6 is 0 Å². The first-order valence-corrected chi connectivity index (χ1v) is 7.97. The molecule has 0 saturated heterocycles. The van der Waals surface area contributed by atoms with E-state index in [-0.39, 0.29) is 0 Å². The Bertz CT molecular complexity index is 1250. The Kier molecular flexibility index (Phi) is 1.91. The maximum absolute atomic E-state index is 3.68. The Morgan fingerprint density at radius 3 is 2.13 bits per heavy atom. The van der Waals surface area contributed by atoms with Crippen LogP contribution in [-0.4, -0.2) is 4.98 Å². The Hall–Kier alpha value is -3.06. The molecule has 1 aliphatic rings. The molecule has 1 aliphatic carbocycles. The third kappa shape index (κ3) is 1.33. The van der Waals surface area contributed by atoms with Crippen molar-refractivity contribution in [3.8, 4) is 22.4 Å². The summed E-state index contributed by atoms with van der Waals surface area (Å²) in [5.74, 6) is 0. The molecule has 0 amide bonds. The van der Waals surface area contributed by atoms with Crippen LogP contribution < -0.4 is 0 Å². The molecular weight excluding hydrogens is 278 g/mol. The van der Waals surface area contributed by atoms with Gasteiger partial charge in [0.2, 0.25) is 0 Å². The lowest BCUT2D eigenvalue weighted by atomic mass is 10.0. The number of nitrogens with one attached hydrogen (secondary N) is 1. The Morgan fingerprint density at radius 1 is 0.609 bits per heavy atom. The van der Waals surface area contributed by atoms with Crippen LogP contribution in [0.4, 0.5) is 0 Å². The van der Waals surface area contributed by atoms with Gasteiger partial charge in [-0.05, 0) is 39.2 Å².